The van der Waals surface area contributed by atoms with Crippen molar-refractivity contribution in [2.24, 2.45) is 35.3 Å². The van der Waals surface area contributed by atoms with Crippen LogP contribution in [0.15, 0.2) is 0 Å². The highest BCUT2D eigenvalue weighted by molar-refractivity contribution is 5.73. The number of hydrazine groups is 3. The number of nitrogens with one attached hydrogen (secondary N) is 3. The monoisotopic (exact) mass is 558 g/mol. The van der Waals surface area contributed by atoms with Crippen molar-refractivity contribution < 1.29 is 28.6 Å². The maximum absolute atomic E-state index is 11.3. The van der Waals surface area contributed by atoms with Gasteiger partial charge in [0.2, 0.25) is 0 Å². The largest absolute Gasteiger partial charge is 0.466 e. The Labute approximate surface area is 234 Å². The van der Waals surface area contributed by atoms with E-state index in [9.17, 15) is 14.4 Å². The van der Waals surface area contributed by atoms with E-state index in [2.05, 4.69) is 16.3 Å². The number of rotatable bonds is 9. The SMILES string of the molecule is CCOC(=O)C1CCC(NN)CC1.CCOC(=O)C1CCC(NN)CC1.CCOC(=O)C1CCC(NN)CC1. The second-order valence-corrected chi connectivity index (χ2v) is 10.4. The summed E-state index contributed by atoms with van der Waals surface area (Å²) in [6.45, 7) is 6.95. The molecule has 3 aliphatic carbocycles. The van der Waals surface area contributed by atoms with Crippen LogP contribution in [0.5, 0.6) is 0 Å². The zero-order chi connectivity index (χ0) is 29.0. The number of esters is 3. The van der Waals surface area contributed by atoms with Crippen LogP contribution in [0.3, 0.4) is 0 Å². The van der Waals surface area contributed by atoms with Gasteiger partial charge in [-0.3, -0.25) is 48.2 Å². The van der Waals surface area contributed by atoms with Gasteiger partial charge in [0, 0.05) is 18.1 Å². The zero-order valence-electron chi connectivity index (χ0n) is 24.3. The van der Waals surface area contributed by atoms with Gasteiger partial charge in [0.25, 0.3) is 0 Å². The highest BCUT2D eigenvalue weighted by Gasteiger charge is 2.28. The second kappa shape index (κ2) is 21.0. The molecule has 39 heavy (non-hydrogen) atoms. The molecule has 0 saturated heterocycles. The van der Waals surface area contributed by atoms with Crippen molar-refractivity contribution in [1.29, 1.82) is 0 Å². The predicted molar refractivity (Wildman–Crippen MR) is 149 cm³/mol. The highest BCUT2D eigenvalue weighted by Crippen LogP contribution is 2.26. The third kappa shape index (κ3) is 13.9. The second-order valence-electron chi connectivity index (χ2n) is 10.4. The molecule has 0 radical (unpaired) electrons. The van der Waals surface area contributed by atoms with E-state index in [-0.39, 0.29) is 35.7 Å². The Balaban J connectivity index is 0.000000292. The van der Waals surface area contributed by atoms with Gasteiger partial charge in [0.1, 0.15) is 0 Å². The summed E-state index contributed by atoms with van der Waals surface area (Å²) in [7, 11) is 0. The molecule has 12 nitrogen and oxygen atoms in total. The topological polar surface area (TPSA) is 193 Å². The van der Waals surface area contributed by atoms with Gasteiger partial charge in [-0.1, -0.05) is 0 Å². The fraction of sp³-hybridized carbons (Fsp3) is 0.889. The van der Waals surface area contributed by atoms with Crippen molar-refractivity contribution in [3.05, 3.63) is 0 Å². The van der Waals surface area contributed by atoms with Crippen LogP contribution in [0.2, 0.25) is 0 Å². The quantitative estimate of drug-likeness (QED) is 0.104. The molecule has 0 aromatic rings. The molecule has 0 bridgehead atoms. The van der Waals surface area contributed by atoms with E-state index in [0.29, 0.717) is 37.9 Å². The molecule has 0 aromatic carbocycles. The molecular formula is C27H54N6O6. The van der Waals surface area contributed by atoms with Crippen LogP contribution in [0.1, 0.15) is 97.8 Å². The van der Waals surface area contributed by atoms with Gasteiger partial charge in [-0.25, -0.2) is 0 Å². The number of carbonyl (C=O) groups is 3. The van der Waals surface area contributed by atoms with Crippen molar-refractivity contribution in [2.75, 3.05) is 19.8 Å². The van der Waals surface area contributed by atoms with Crippen molar-refractivity contribution in [3.8, 4) is 0 Å². The van der Waals surface area contributed by atoms with E-state index in [4.69, 9.17) is 31.7 Å². The third-order valence-electron chi connectivity index (χ3n) is 7.75. The summed E-state index contributed by atoms with van der Waals surface area (Å²) < 4.78 is 14.9. The fourth-order valence-corrected chi connectivity index (χ4v) is 5.27. The molecule has 3 rings (SSSR count). The van der Waals surface area contributed by atoms with Crippen LogP contribution >= 0.6 is 0 Å². The van der Waals surface area contributed by atoms with Gasteiger partial charge in [-0.15, -0.1) is 0 Å². The first-order valence-corrected chi connectivity index (χ1v) is 14.7. The van der Waals surface area contributed by atoms with Crippen molar-refractivity contribution in [1.82, 2.24) is 16.3 Å². The van der Waals surface area contributed by atoms with Gasteiger partial charge >= 0.3 is 17.9 Å². The van der Waals surface area contributed by atoms with Gasteiger partial charge in [-0.2, -0.15) is 0 Å². The molecule has 0 aliphatic heterocycles. The van der Waals surface area contributed by atoms with E-state index in [1.54, 1.807) is 0 Å². The summed E-state index contributed by atoms with van der Waals surface area (Å²) in [5, 5.41) is 0. The van der Waals surface area contributed by atoms with Crippen molar-refractivity contribution in [3.63, 3.8) is 0 Å². The molecule has 0 spiro atoms. The molecule has 3 aliphatic rings. The predicted octanol–water partition coefficient (Wildman–Crippen LogP) is 1.71. The summed E-state index contributed by atoms with van der Waals surface area (Å²) >= 11 is 0. The molecule has 3 saturated carbocycles. The third-order valence-corrected chi connectivity index (χ3v) is 7.75. The maximum atomic E-state index is 11.3. The van der Waals surface area contributed by atoms with Crippen molar-refractivity contribution in [2.45, 2.75) is 116 Å². The Hall–Kier alpha value is -1.83. The molecule has 0 unspecified atom stereocenters. The first kappa shape index (κ1) is 35.2. The Morgan fingerprint density at radius 2 is 0.692 bits per heavy atom. The highest BCUT2D eigenvalue weighted by atomic mass is 16.5. The Morgan fingerprint density at radius 1 is 0.487 bits per heavy atom. The summed E-state index contributed by atoms with van der Waals surface area (Å²) in [6, 6.07) is 1.14. The van der Waals surface area contributed by atoms with Crippen LogP contribution in [0, 0.1) is 17.8 Å². The van der Waals surface area contributed by atoms with E-state index in [1.807, 2.05) is 20.8 Å². The normalized spacial score (nSPS) is 28.5. The first-order chi connectivity index (χ1) is 18.8. The van der Waals surface area contributed by atoms with Crippen LogP contribution in [0.4, 0.5) is 0 Å². The van der Waals surface area contributed by atoms with Crippen LogP contribution in [0.25, 0.3) is 0 Å². The molecule has 0 amide bonds. The summed E-state index contributed by atoms with van der Waals surface area (Å²) in [4.78, 5) is 34.0. The lowest BCUT2D eigenvalue weighted by molar-refractivity contribution is -0.150. The number of hydrogen-bond acceptors (Lipinski definition) is 12. The van der Waals surface area contributed by atoms with E-state index < -0.39 is 0 Å². The Bertz CT molecular complexity index is 585. The molecule has 228 valence electrons. The lowest BCUT2D eigenvalue weighted by Crippen LogP contribution is -2.39. The maximum Gasteiger partial charge on any atom is 0.308 e. The minimum absolute atomic E-state index is 0.0435. The molecule has 12 heteroatoms. The van der Waals surface area contributed by atoms with Crippen LogP contribution in [-0.2, 0) is 28.6 Å². The number of carbonyl (C=O) groups excluding carboxylic acids is 3. The molecule has 0 heterocycles. The number of hydrogen-bond donors (Lipinski definition) is 6. The van der Waals surface area contributed by atoms with Gasteiger partial charge in [0.05, 0.1) is 37.6 Å². The van der Waals surface area contributed by atoms with E-state index in [0.717, 1.165) is 77.0 Å². The minimum atomic E-state index is -0.0435. The average Bonchev–Trinajstić information content (AvgIpc) is 2.98. The number of ether oxygens (including phenoxy) is 3. The minimum Gasteiger partial charge on any atom is -0.466 e. The average molecular weight is 559 g/mol. The zero-order valence-corrected chi connectivity index (χ0v) is 24.3. The van der Waals surface area contributed by atoms with E-state index >= 15 is 0 Å². The summed E-state index contributed by atoms with van der Waals surface area (Å²) in [5.41, 5.74) is 8.23. The molecular weight excluding hydrogens is 504 g/mol. The first-order valence-electron chi connectivity index (χ1n) is 14.7. The van der Waals surface area contributed by atoms with Crippen LogP contribution in [-0.4, -0.2) is 55.9 Å². The molecule has 0 aromatic heterocycles. The lowest BCUT2D eigenvalue weighted by Gasteiger charge is -2.26. The van der Waals surface area contributed by atoms with Gasteiger partial charge < -0.3 is 14.2 Å². The molecule has 0 atom stereocenters. The smallest absolute Gasteiger partial charge is 0.308 e. The summed E-state index contributed by atoms with van der Waals surface area (Å²) in [6.07, 6.45) is 11.2. The standard InChI is InChI=1S/3C9H18N2O2/c3*1-2-13-9(12)7-3-5-8(11-10)6-4-7/h3*7-8,11H,2-6,10H2,1H3. The Morgan fingerprint density at radius 3 is 0.846 bits per heavy atom. The van der Waals surface area contributed by atoms with Gasteiger partial charge in [0.15, 0.2) is 0 Å². The summed E-state index contributed by atoms with van der Waals surface area (Å²) in [5.74, 6) is 16.1. The fourth-order valence-electron chi connectivity index (χ4n) is 5.27. The molecule has 9 N–H and O–H groups in total. The van der Waals surface area contributed by atoms with Crippen molar-refractivity contribution >= 4 is 17.9 Å². The molecule has 3 fully saturated rings. The van der Waals surface area contributed by atoms with E-state index in [1.165, 1.54) is 0 Å². The lowest BCUT2D eigenvalue weighted by atomic mass is 9.86. The van der Waals surface area contributed by atoms with Gasteiger partial charge in [-0.05, 0) is 97.8 Å². The number of nitrogens with two attached hydrogens (primary N) is 3. The Kier molecular flexibility index (Phi) is 18.9. The van der Waals surface area contributed by atoms with Crippen LogP contribution < -0.4 is 33.8 Å².